The lowest BCUT2D eigenvalue weighted by atomic mass is 10.0. The Morgan fingerprint density at radius 3 is 2.79 bits per heavy atom. The Kier molecular flexibility index (Phi) is 3.89. The van der Waals surface area contributed by atoms with Gasteiger partial charge in [0.15, 0.2) is 0 Å². The van der Waals surface area contributed by atoms with Gasteiger partial charge >= 0.3 is 5.97 Å². The van der Waals surface area contributed by atoms with Crippen LogP contribution in [0.25, 0.3) is 11.6 Å². The van der Waals surface area contributed by atoms with Crippen LogP contribution in [0.5, 0.6) is 0 Å². The quantitative estimate of drug-likeness (QED) is 0.459. The number of carbonyl (C=O) groups excluding carboxylic acids is 2. The predicted octanol–water partition coefficient (Wildman–Crippen LogP) is 2.88. The minimum absolute atomic E-state index is 0.195. The zero-order valence-electron chi connectivity index (χ0n) is 13.8. The Hall–Kier alpha value is -3.02. The Morgan fingerprint density at radius 1 is 1.33 bits per heavy atom. The maximum Gasteiger partial charge on any atom is 0.340 e. The monoisotopic (exact) mass is 325 g/mol. The highest BCUT2D eigenvalue weighted by Gasteiger charge is 2.26. The number of amides is 1. The van der Waals surface area contributed by atoms with Crippen molar-refractivity contribution in [2.75, 3.05) is 17.7 Å². The molecule has 2 aromatic rings. The Morgan fingerprint density at radius 2 is 2.08 bits per heavy atom. The second-order valence-corrected chi connectivity index (χ2v) is 5.70. The lowest BCUT2D eigenvalue weighted by Crippen LogP contribution is -2.06. The van der Waals surface area contributed by atoms with E-state index in [1.54, 1.807) is 31.2 Å². The first-order valence-electron chi connectivity index (χ1n) is 7.71. The number of ether oxygens (including phenoxy) is 1. The molecule has 0 fully saturated rings. The fourth-order valence-electron chi connectivity index (χ4n) is 2.92. The van der Waals surface area contributed by atoms with E-state index in [2.05, 4.69) is 10.3 Å². The van der Waals surface area contributed by atoms with E-state index in [-0.39, 0.29) is 11.9 Å². The summed E-state index contributed by atoms with van der Waals surface area (Å²) in [5, 5.41) is 2.81. The van der Waals surface area contributed by atoms with Gasteiger partial charge in [0.05, 0.1) is 17.7 Å². The summed E-state index contributed by atoms with van der Waals surface area (Å²) < 4.78 is 5.09. The molecule has 0 atom stereocenters. The molecule has 4 N–H and O–H groups in total. The molecular weight excluding hydrogens is 306 g/mol. The highest BCUT2D eigenvalue weighted by atomic mass is 16.5. The van der Waals surface area contributed by atoms with Crippen LogP contribution in [0.2, 0.25) is 0 Å². The van der Waals surface area contributed by atoms with Crippen molar-refractivity contribution in [3.63, 3.8) is 0 Å². The molecule has 0 saturated carbocycles. The molecule has 1 aliphatic rings. The second-order valence-electron chi connectivity index (χ2n) is 5.70. The third kappa shape index (κ3) is 2.56. The van der Waals surface area contributed by atoms with E-state index in [0.717, 1.165) is 16.8 Å². The highest BCUT2D eigenvalue weighted by Crippen LogP contribution is 2.35. The van der Waals surface area contributed by atoms with Crippen LogP contribution in [0.4, 0.5) is 11.4 Å². The van der Waals surface area contributed by atoms with Crippen molar-refractivity contribution < 1.29 is 14.3 Å². The van der Waals surface area contributed by atoms with Crippen LogP contribution >= 0.6 is 0 Å². The number of benzene rings is 1. The van der Waals surface area contributed by atoms with Crippen molar-refractivity contribution in [2.24, 2.45) is 0 Å². The Balaban J connectivity index is 2.08. The van der Waals surface area contributed by atoms with Crippen LogP contribution in [0.1, 0.15) is 39.8 Å². The molecule has 0 radical (unpaired) electrons. The molecule has 0 saturated heterocycles. The van der Waals surface area contributed by atoms with Gasteiger partial charge in [0, 0.05) is 28.3 Å². The summed E-state index contributed by atoms with van der Waals surface area (Å²) in [6, 6.07) is 5.28. The van der Waals surface area contributed by atoms with Crippen molar-refractivity contribution in [1.82, 2.24) is 4.98 Å². The van der Waals surface area contributed by atoms with Crippen LogP contribution in [-0.4, -0.2) is 23.5 Å². The number of carbonyl (C=O) groups is 2. The number of H-pyrrole nitrogens is 1. The maximum atomic E-state index is 12.3. The van der Waals surface area contributed by atoms with Crippen LogP contribution in [0, 0.1) is 13.8 Å². The number of hydrogen-bond acceptors (Lipinski definition) is 4. The fourth-order valence-corrected chi connectivity index (χ4v) is 2.92. The Bertz CT molecular complexity index is 878. The minimum atomic E-state index is -0.367. The summed E-state index contributed by atoms with van der Waals surface area (Å²) >= 11 is 0. The topological polar surface area (TPSA) is 97.2 Å². The molecule has 1 aromatic carbocycles. The summed E-state index contributed by atoms with van der Waals surface area (Å²) in [7, 11) is 0. The first-order chi connectivity index (χ1) is 11.4. The van der Waals surface area contributed by atoms with Gasteiger partial charge in [-0.2, -0.15) is 0 Å². The molecule has 6 nitrogen and oxygen atoms in total. The summed E-state index contributed by atoms with van der Waals surface area (Å²) in [5.41, 5.74) is 11.1. The van der Waals surface area contributed by atoms with E-state index in [1.165, 1.54) is 0 Å². The third-order valence-corrected chi connectivity index (χ3v) is 4.07. The second kappa shape index (κ2) is 5.88. The van der Waals surface area contributed by atoms with Crippen LogP contribution in [0.15, 0.2) is 18.2 Å². The molecule has 124 valence electrons. The predicted molar refractivity (Wildman–Crippen MR) is 93.6 cm³/mol. The normalized spacial score (nSPS) is 14.6. The van der Waals surface area contributed by atoms with Gasteiger partial charge in [-0.1, -0.05) is 0 Å². The van der Waals surface area contributed by atoms with Gasteiger partial charge in [-0.05, 0) is 50.6 Å². The summed E-state index contributed by atoms with van der Waals surface area (Å²) in [5.74, 6) is -0.561. The first-order valence-corrected chi connectivity index (χ1v) is 7.71. The van der Waals surface area contributed by atoms with Crippen molar-refractivity contribution in [1.29, 1.82) is 0 Å². The molecule has 1 aromatic heterocycles. The van der Waals surface area contributed by atoms with Gasteiger partial charge in [-0.15, -0.1) is 0 Å². The van der Waals surface area contributed by atoms with Crippen molar-refractivity contribution >= 4 is 34.9 Å². The van der Waals surface area contributed by atoms with Crippen molar-refractivity contribution in [2.45, 2.75) is 20.8 Å². The number of aromatic amines is 1. The molecule has 3 rings (SSSR count). The molecule has 1 aliphatic heterocycles. The number of nitrogens with two attached hydrogens (primary N) is 1. The first kappa shape index (κ1) is 15.9. The van der Waals surface area contributed by atoms with Gasteiger partial charge in [-0.25, -0.2) is 4.79 Å². The SMILES string of the molecule is CCOC(=O)c1c(C)[nH]c(/C=C2\C(=O)Nc3ccc(N)cc32)c1C. The van der Waals surface area contributed by atoms with Gasteiger partial charge in [0.25, 0.3) is 5.91 Å². The molecule has 2 heterocycles. The zero-order valence-corrected chi connectivity index (χ0v) is 13.8. The van der Waals surface area contributed by atoms with E-state index in [9.17, 15) is 9.59 Å². The van der Waals surface area contributed by atoms with Gasteiger partial charge in [0.1, 0.15) is 0 Å². The van der Waals surface area contributed by atoms with Crippen molar-refractivity contribution in [3.05, 3.63) is 46.3 Å². The summed E-state index contributed by atoms with van der Waals surface area (Å²) in [6.07, 6.45) is 1.74. The van der Waals surface area contributed by atoms with Crippen LogP contribution < -0.4 is 11.1 Å². The molecular formula is C18H19N3O3. The number of esters is 1. The largest absolute Gasteiger partial charge is 0.462 e. The number of nitrogen functional groups attached to an aromatic ring is 1. The number of fused-ring (bicyclic) bond motifs is 1. The average molecular weight is 325 g/mol. The molecule has 0 spiro atoms. The summed E-state index contributed by atoms with van der Waals surface area (Å²) in [4.78, 5) is 27.5. The molecule has 24 heavy (non-hydrogen) atoms. The number of anilines is 2. The number of aryl methyl sites for hydroxylation is 1. The number of rotatable bonds is 3. The zero-order chi connectivity index (χ0) is 17.4. The number of hydrogen-bond donors (Lipinski definition) is 3. The fraction of sp³-hybridized carbons (Fsp3) is 0.222. The smallest absolute Gasteiger partial charge is 0.340 e. The Labute approximate surface area is 139 Å². The maximum absolute atomic E-state index is 12.3. The third-order valence-electron chi connectivity index (χ3n) is 4.07. The molecule has 0 bridgehead atoms. The van der Waals surface area contributed by atoms with E-state index in [1.807, 2.05) is 13.8 Å². The molecule has 0 aliphatic carbocycles. The molecule has 0 unspecified atom stereocenters. The van der Waals surface area contributed by atoms with Gasteiger partial charge in [-0.3, -0.25) is 4.79 Å². The minimum Gasteiger partial charge on any atom is -0.462 e. The number of aromatic nitrogens is 1. The standard InChI is InChI=1S/C18H19N3O3/c1-4-24-18(23)16-9(2)15(20-10(16)3)8-13-12-7-11(19)5-6-14(12)21-17(13)22/h5-8,20H,4,19H2,1-3H3,(H,21,22)/b13-8-. The van der Waals surface area contributed by atoms with Crippen molar-refractivity contribution in [3.8, 4) is 0 Å². The lowest BCUT2D eigenvalue weighted by molar-refractivity contribution is -0.110. The number of nitrogens with one attached hydrogen (secondary N) is 2. The van der Waals surface area contributed by atoms with Gasteiger partial charge < -0.3 is 20.8 Å². The average Bonchev–Trinajstić information content (AvgIpc) is 2.97. The summed E-state index contributed by atoms with van der Waals surface area (Å²) in [6.45, 7) is 5.72. The van der Waals surface area contributed by atoms with E-state index in [4.69, 9.17) is 10.5 Å². The highest BCUT2D eigenvalue weighted by molar-refractivity contribution is 6.35. The van der Waals surface area contributed by atoms with E-state index >= 15 is 0 Å². The van der Waals surface area contributed by atoms with Gasteiger partial charge in [0.2, 0.25) is 0 Å². The van der Waals surface area contributed by atoms with E-state index < -0.39 is 0 Å². The molecule has 1 amide bonds. The lowest BCUT2D eigenvalue weighted by Gasteiger charge is -2.02. The van der Waals surface area contributed by atoms with E-state index in [0.29, 0.717) is 34.8 Å². The molecule has 6 heteroatoms. The van der Waals surface area contributed by atoms with Crippen LogP contribution in [-0.2, 0) is 9.53 Å². The van der Waals surface area contributed by atoms with Crippen LogP contribution in [0.3, 0.4) is 0 Å².